The second kappa shape index (κ2) is 5.43. The molecule has 0 radical (unpaired) electrons. The maximum Gasteiger partial charge on any atom is 0.289 e. The van der Waals surface area contributed by atoms with E-state index in [1.807, 2.05) is 6.92 Å². The van der Waals surface area contributed by atoms with Crippen molar-refractivity contribution in [1.82, 2.24) is 9.21 Å². The van der Waals surface area contributed by atoms with Crippen LogP contribution >= 0.6 is 0 Å². The highest BCUT2D eigenvalue weighted by Crippen LogP contribution is 2.28. The van der Waals surface area contributed by atoms with Gasteiger partial charge >= 0.3 is 0 Å². The van der Waals surface area contributed by atoms with Gasteiger partial charge in [-0.3, -0.25) is 4.79 Å². The third kappa shape index (κ3) is 2.97. The molecule has 1 aromatic rings. The van der Waals surface area contributed by atoms with Crippen molar-refractivity contribution in [3.63, 3.8) is 0 Å². The molecule has 7 nitrogen and oxygen atoms in total. The fraction of sp³-hybridized carbons (Fsp3) is 0.615. The maximum atomic E-state index is 12.1. The molecule has 0 atom stereocenters. The molecule has 1 aromatic heterocycles. The number of likely N-dealkylation sites (tertiary alicyclic amines) is 1. The second-order valence-electron chi connectivity index (χ2n) is 5.54. The van der Waals surface area contributed by atoms with Crippen LogP contribution < -0.4 is 0 Å². The molecule has 1 aliphatic rings. The van der Waals surface area contributed by atoms with Gasteiger partial charge in [0.15, 0.2) is 5.76 Å². The zero-order chi connectivity index (χ0) is 15.8. The lowest BCUT2D eigenvalue weighted by Crippen LogP contribution is -2.63. The minimum atomic E-state index is -3.69. The molecule has 2 rings (SSSR count). The Morgan fingerprint density at radius 1 is 1.43 bits per heavy atom. The van der Waals surface area contributed by atoms with Crippen LogP contribution in [0.5, 0.6) is 0 Å². The summed E-state index contributed by atoms with van der Waals surface area (Å²) in [6.07, 6.45) is 1.47. The van der Waals surface area contributed by atoms with Crippen molar-refractivity contribution in [3.8, 4) is 0 Å². The summed E-state index contributed by atoms with van der Waals surface area (Å²) in [7, 11) is -0.912. The van der Waals surface area contributed by atoms with Crippen LogP contribution in [-0.4, -0.2) is 61.4 Å². The Bertz CT molecular complexity index is 629. The Balaban J connectivity index is 2.08. The van der Waals surface area contributed by atoms with E-state index in [0.29, 0.717) is 6.42 Å². The topological polar surface area (TPSA) is 91.1 Å². The van der Waals surface area contributed by atoms with Crippen LogP contribution in [0.4, 0.5) is 0 Å². The van der Waals surface area contributed by atoms with Gasteiger partial charge in [-0.2, -0.15) is 0 Å². The van der Waals surface area contributed by atoms with Crippen LogP contribution in [0.25, 0.3) is 0 Å². The molecule has 1 fully saturated rings. The summed E-state index contributed by atoms with van der Waals surface area (Å²) in [5.74, 6) is -0.440. The number of hydrogen-bond acceptors (Lipinski definition) is 5. The van der Waals surface area contributed by atoms with E-state index in [9.17, 15) is 18.3 Å². The van der Waals surface area contributed by atoms with Gasteiger partial charge in [0, 0.05) is 14.1 Å². The van der Waals surface area contributed by atoms with Gasteiger partial charge in [0.25, 0.3) is 15.9 Å². The fourth-order valence-corrected chi connectivity index (χ4v) is 3.14. The monoisotopic (exact) mass is 316 g/mol. The summed E-state index contributed by atoms with van der Waals surface area (Å²) < 4.78 is 29.9. The Kier molecular flexibility index (Phi) is 4.14. The minimum absolute atomic E-state index is 0.0334. The molecule has 118 valence electrons. The van der Waals surface area contributed by atoms with Crippen LogP contribution in [0.1, 0.15) is 30.3 Å². The lowest BCUT2D eigenvalue weighted by atomic mass is 9.89. The highest BCUT2D eigenvalue weighted by Gasteiger charge is 2.43. The third-order valence-corrected chi connectivity index (χ3v) is 5.19. The van der Waals surface area contributed by atoms with Crippen LogP contribution in [-0.2, 0) is 10.0 Å². The normalized spacial score (nSPS) is 17.9. The number of nitrogens with zero attached hydrogens (tertiary/aromatic N) is 2. The summed E-state index contributed by atoms with van der Waals surface area (Å²) >= 11 is 0. The number of amides is 1. The Morgan fingerprint density at radius 3 is 2.57 bits per heavy atom. The number of hydrogen-bond donors (Lipinski definition) is 1. The quantitative estimate of drug-likeness (QED) is 0.855. The van der Waals surface area contributed by atoms with Crippen molar-refractivity contribution < 1.29 is 22.7 Å². The smallest absolute Gasteiger partial charge is 0.289 e. The largest absolute Gasteiger partial charge is 0.438 e. The number of carbonyl (C=O) groups excluding carboxylic acids is 1. The summed E-state index contributed by atoms with van der Waals surface area (Å²) in [5.41, 5.74) is -0.824. The number of carbonyl (C=O) groups is 1. The summed E-state index contributed by atoms with van der Waals surface area (Å²) in [4.78, 5) is 13.6. The zero-order valence-corrected chi connectivity index (χ0v) is 13.2. The molecule has 0 unspecified atom stereocenters. The Labute approximate surface area is 124 Å². The molecule has 1 N–H and O–H groups in total. The van der Waals surface area contributed by atoms with Crippen LogP contribution in [0, 0.1) is 0 Å². The fourth-order valence-electron chi connectivity index (χ4n) is 2.34. The summed E-state index contributed by atoms with van der Waals surface area (Å²) in [5, 5.41) is 9.79. The predicted molar refractivity (Wildman–Crippen MR) is 75.3 cm³/mol. The molecule has 0 bridgehead atoms. The number of β-amino-alcohol motifs (C(OH)–C–C–N with tert-alkyl or cyclic N) is 1. The van der Waals surface area contributed by atoms with E-state index in [1.54, 1.807) is 0 Å². The molecular formula is C13H20N2O5S. The molecule has 0 aromatic carbocycles. The van der Waals surface area contributed by atoms with Crippen molar-refractivity contribution >= 4 is 15.9 Å². The maximum absolute atomic E-state index is 12.1. The van der Waals surface area contributed by atoms with Gasteiger partial charge in [0.2, 0.25) is 5.09 Å². The molecule has 21 heavy (non-hydrogen) atoms. The van der Waals surface area contributed by atoms with Gasteiger partial charge in [-0.15, -0.1) is 0 Å². The molecule has 1 amide bonds. The Morgan fingerprint density at radius 2 is 2.05 bits per heavy atom. The van der Waals surface area contributed by atoms with E-state index < -0.39 is 21.5 Å². The highest BCUT2D eigenvalue weighted by molar-refractivity contribution is 7.88. The SMILES string of the molecule is CCCC1(O)CN(C(=O)c2ccc(S(=O)(=O)N(C)C)o2)C1. The highest BCUT2D eigenvalue weighted by atomic mass is 32.2. The molecule has 0 saturated carbocycles. The molecule has 0 spiro atoms. The van der Waals surface area contributed by atoms with E-state index in [-0.39, 0.29) is 23.9 Å². The van der Waals surface area contributed by atoms with Gasteiger partial charge < -0.3 is 14.4 Å². The lowest BCUT2D eigenvalue weighted by Gasteiger charge is -2.46. The average Bonchev–Trinajstić information content (AvgIpc) is 2.85. The molecule has 1 aliphatic heterocycles. The van der Waals surface area contributed by atoms with Gasteiger partial charge in [-0.1, -0.05) is 13.3 Å². The number of aliphatic hydroxyl groups is 1. The number of rotatable bonds is 5. The first-order chi connectivity index (χ1) is 9.69. The second-order valence-corrected chi connectivity index (χ2v) is 7.62. The third-order valence-electron chi connectivity index (χ3n) is 3.50. The van der Waals surface area contributed by atoms with Gasteiger partial charge in [0.1, 0.15) is 0 Å². The summed E-state index contributed by atoms with van der Waals surface area (Å²) in [6.45, 7) is 2.46. The van der Waals surface area contributed by atoms with Gasteiger partial charge in [-0.05, 0) is 18.6 Å². The van der Waals surface area contributed by atoms with E-state index in [4.69, 9.17) is 4.42 Å². The van der Waals surface area contributed by atoms with E-state index >= 15 is 0 Å². The number of furan rings is 1. The van der Waals surface area contributed by atoms with Crippen molar-refractivity contribution in [3.05, 3.63) is 17.9 Å². The van der Waals surface area contributed by atoms with Crippen LogP contribution in [0.3, 0.4) is 0 Å². The van der Waals surface area contributed by atoms with Crippen molar-refractivity contribution in [2.75, 3.05) is 27.2 Å². The lowest BCUT2D eigenvalue weighted by molar-refractivity contribution is -0.0868. The van der Waals surface area contributed by atoms with Crippen LogP contribution in [0.15, 0.2) is 21.6 Å². The first-order valence-electron chi connectivity index (χ1n) is 6.73. The number of sulfonamides is 1. The van der Waals surface area contributed by atoms with Crippen LogP contribution in [0.2, 0.25) is 0 Å². The van der Waals surface area contributed by atoms with E-state index in [2.05, 4.69) is 0 Å². The molecular weight excluding hydrogens is 296 g/mol. The standard InChI is InChI=1S/C13H20N2O5S/c1-4-7-13(17)8-15(9-13)12(16)10-5-6-11(20-10)21(18,19)14(2)3/h5-6,17H,4,7-9H2,1-3H3. The first kappa shape index (κ1) is 16.0. The van der Waals surface area contributed by atoms with Gasteiger partial charge in [0.05, 0.1) is 18.7 Å². The summed E-state index contributed by atoms with van der Waals surface area (Å²) in [6, 6.07) is 2.61. The molecule has 1 saturated heterocycles. The predicted octanol–water partition coefficient (Wildman–Crippen LogP) is 0.517. The van der Waals surface area contributed by atoms with Crippen molar-refractivity contribution in [2.24, 2.45) is 0 Å². The molecule has 8 heteroatoms. The zero-order valence-electron chi connectivity index (χ0n) is 12.4. The van der Waals surface area contributed by atoms with Gasteiger partial charge in [-0.25, -0.2) is 12.7 Å². The minimum Gasteiger partial charge on any atom is -0.438 e. The van der Waals surface area contributed by atoms with Crippen molar-refractivity contribution in [2.45, 2.75) is 30.5 Å². The molecule has 2 heterocycles. The van der Waals surface area contributed by atoms with Crippen molar-refractivity contribution in [1.29, 1.82) is 0 Å². The average molecular weight is 316 g/mol. The Hall–Kier alpha value is -1.38. The molecule has 0 aliphatic carbocycles. The first-order valence-corrected chi connectivity index (χ1v) is 8.18. The van der Waals surface area contributed by atoms with E-state index in [1.165, 1.54) is 31.1 Å². The van der Waals surface area contributed by atoms with E-state index in [0.717, 1.165) is 10.7 Å².